The summed E-state index contributed by atoms with van der Waals surface area (Å²) in [6, 6.07) is 8.15. The Morgan fingerprint density at radius 1 is 0.971 bits per heavy atom. The highest BCUT2D eigenvalue weighted by molar-refractivity contribution is 6.05. The van der Waals surface area contributed by atoms with Gasteiger partial charge in [0.1, 0.15) is 5.76 Å². The summed E-state index contributed by atoms with van der Waals surface area (Å²) < 4.78 is 50.8. The number of amides is 3. The third-order valence-electron chi connectivity index (χ3n) is 4.90. The number of nitrogens with one attached hydrogen (secondary N) is 3. The number of alkyl halides is 3. The van der Waals surface area contributed by atoms with Crippen LogP contribution in [0.5, 0.6) is 0 Å². The molecular formula is C22H21F3N6O4. The van der Waals surface area contributed by atoms with Gasteiger partial charge in [-0.05, 0) is 24.3 Å². The minimum atomic E-state index is -4.69. The summed E-state index contributed by atoms with van der Waals surface area (Å²) >= 11 is 0. The van der Waals surface area contributed by atoms with Crippen LogP contribution in [0.1, 0.15) is 42.8 Å². The van der Waals surface area contributed by atoms with E-state index in [1.165, 1.54) is 31.3 Å². The topological polar surface area (TPSA) is 127 Å². The molecule has 0 saturated carbocycles. The Hall–Kier alpha value is -4.29. The predicted molar refractivity (Wildman–Crippen MR) is 120 cm³/mol. The summed E-state index contributed by atoms with van der Waals surface area (Å²) in [5, 5.41) is 14.6. The van der Waals surface area contributed by atoms with Gasteiger partial charge >= 0.3 is 12.2 Å². The molecule has 0 aliphatic carbocycles. The number of anilines is 3. The number of carbonyl (C=O) groups is 2. The molecule has 0 unspecified atom stereocenters. The zero-order valence-electron chi connectivity index (χ0n) is 19.1. The fourth-order valence-corrected chi connectivity index (χ4v) is 3.16. The Morgan fingerprint density at radius 2 is 1.60 bits per heavy atom. The molecule has 3 aromatic heterocycles. The van der Waals surface area contributed by atoms with Gasteiger partial charge in [0.15, 0.2) is 17.3 Å². The Labute approximate surface area is 196 Å². The zero-order chi connectivity index (χ0) is 25.5. The van der Waals surface area contributed by atoms with Crippen LogP contribution >= 0.6 is 0 Å². The standard InChI is InChI=1S/C22H21F3N6O4/c1-21(2,3)15-10-16(30-35-15)28-20(33)27-12-7-5-11(6-8-12)26-18(32)14-9-13-17(22(23,24)25)29-31(4)19(13)34-14/h5-10H,1-4H3,(H,26,32)(H2,27,28,30,33). The van der Waals surface area contributed by atoms with E-state index in [-0.39, 0.29) is 28.1 Å². The first-order chi connectivity index (χ1) is 16.3. The first-order valence-corrected chi connectivity index (χ1v) is 10.3. The van der Waals surface area contributed by atoms with E-state index in [1.54, 1.807) is 6.07 Å². The number of aryl methyl sites for hydroxylation is 1. The van der Waals surface area contributed by atoms with Crippen molar-refractivity contribution in [1.29, 1.82) is 0 Å². The molecule has 35 heavy (non-hydrogen) atoms. The van der Waals surface area contributed by atoms with Gasteiger partial charge in [-0.15, -0.1) is 0 Å². The van der Waals surface area contributed by atoms with Gasteiger partial charge in [-0.3, -0.25) is 10.1 Å². The third-order valence-corrected chi connectivity index (χ3v) is 4.90. The SMILES string of the molecule is Cn1nc(C(F)(F)F)c2cc(C(=O)Nc3ccc(NC(=O)Nc4cc(C(C)(C)C)on4)cc3)oc21. The summed E-state index contributed by atoms with van der Waals surface area (Å²) in [7, 11) is 1.29. The summed E-state index contributed by atoms with van der Waals surface area (Å²) in [6.07, 6.45) is -4.69. The largest absolute Gasteiger partial charge is 0.435 e. The number of carbonyl (C=O) groups excluding carboxylic acids is 2. The van der Waals surface area contributed by atoms with Crippen molar-refractivity contribution < 1.29 is 31.7 Å². The number of benzene rings is 1. The quantitative estimate of drug-likeness (QED) is 0.353. The first-order valence-electron chi connectivity index (χ1n) is 10.3. The fourth-order valence-electron chi connectivity index (χ4n) is 3.16. The van der Waals surface area contributed by atoms with Crippen molar-refractivity contribution in [1.82, 2.24) is 14.9 Å². The van der Waals surface area contributed by atoms with Crippen molar-refractivity contribution in [3.05, 3.63) is 53.6 Å². The van der Waals surface area contributed by atoms with Gasteiger partial charge in [0, 0.05) is 36.0 Å². The van der Waals surface area contributed by atoms with Crippen LogP contribution in [0.4, 0.5) is 35.2 Å². The average molecular weight is 490 g/mol. The van der Waals surface area contributed by atoms with Crippen molar-refractivity contribution in [2.75, 3.05) is 16.0 Å². The van der Waals surface area contributed by atoms with E-state index in [0.717, 1.165) is 10.7 Å². The molecule has 3 heterocycles. The lowest BCUT2D eigenvalue weighted by Gasteiger charge is -2.12. The smallest absolute Gasteiger partial charge is 0.433 e. The minimum Gasteiger partial charge on any atom is -0.433 e. The van der Waals surface area contributed by atoms with Crippen molar-refractivity contribution in [2.45, 2.75) is 32.4 Å². The van der Waals surface area contributed by atoms with E-state index in [1.807, 2.05) is 20.8 Å². The normalized spacial score (nSPS) is 12.1. The molecule has 0 aliphatic rings. The zero-order valence-corrected chi connectivity index (χ0v) is 19.1. The van der Waals surface area contributed by atoms with E-state index in [2.05, 4.69) is 26.2 Å². The van der Waals surface area contributed by atoms with Crippen LogP contribution in [0.2, 0.25) is 0 Å². The minimum absolute atomic E-state index is 0.172. The van der Waals surface area contributed by atoms with Gasteiger partial charge in [-0.25, -0.2) is 9.48 Å². The second-order valence-corrected chi connectivity index (χ2v) is 8.74. The van der Waals surface area contributed by atoms with Crippen LogP contribution in [0, 0.1) is 0 Å². The van der Waals surface area contributed by atoms with Gasteiger partial charge in [-0.1, -0.05) is 25.9 Å². The molecule has 10 nitrogen and oxygen atoms in total. The molecule has 0 spiro atoms. The second kappa shape index (κ2) is 8.49. The molecule has 0 aliphatic heterocycles. The molecule has 1 aromatic carbocycles. The molecule has 184 valence electrons. The monoisotopic (exact) mass is 490 g/mol. The molecule has 4 rings (SSSR count). The van der Waals surface area contributed by atoms with E-state index in [0.29, 0.717) is 17.1 Å². The molecule has 0 bridgehead atoms. The third kappa shape index (κ3) is 5.13. The van der Waals surface area contributed by atoms with Crippen LogP contribution in [0.3, 0.4) is 0 Å². The van der Waals surface area contributed by atoms with E-state index >= 15 is 0 Å². The summed E-state index contributed by atoms with van der Waals surface area (Å²) in [6.45, 7) is 5.84. The number of aromatic nitrogens is 3. The number of fused-ring (bicyclic) bond motifs is 1. The summed E-state index contributed by atoms with van der Waals surface area (Å²) in [5.41, 5.74) is -0.808. The molecule has 0 radical (unpaired) electrons. The summed E-state index contributed by atoms with van der Waals surface area (Å²) in [4.78, 5) is 24.7. The molecule has 0 saturated heterocycles. The highest BCUT2D eigenvalue weighted by atomic mass is 19.4. The maximum atomic E-state index is 13.1. The second-order valence-electron chi connectivity index (χ2n) is 8.74. The van der Waals surface area contributed by atoms with E-state index < -0.39 is 23.8 Å². The number of urea groups is 1. The van der Waals surface area contributed by atoms with Gasteiger partial charge in [0.25, 0.3) is 5.91 Å². The molecule has 0 atom stereocenters. The number of nitrogens with zero attached hydrogens (tertiary/aromatic N) is 3. The number of hydrogen-bond donors (Lipinski definition) is 3. The van der Waals surface area contributed by atoms with Crippen molar-refractivity contribution in [3.63, 3.8) is 0 Å². The van der Waals surface area contributed by atoms with E-state index in [4.69, 9.17) is 8.94 Å². The van der Waals surface area contributed by atoms with Crippen molar-refractivity contribution in [2.24, 2.45) is 7.05 Å². The lowest BCUT2D eigenvalue weighted by molar-refractivity contribution is -0.140. The van der Waals surface area contributed by atoms with Gasteiger partial charge < -0.3 is 19.6 Å². The molecule has 3 amide bonds. The Balaban J connectivity index is 1.39. The number of rotatable bonds is 4. The van der Waals surface area contributed by atoms with Crippen molar-refractivity contribution in [3.8, 4) is 0 Å². The van der Waals surface area contributed by atoms with Crippen LogP contribution in [-0.4, -0.2) is 26.9 Å². The van der Waals surface area contributed by atoms with Crippen LogP contribution in [0.25, 0.3) is 11.1 Å². The molecule has 13 heteroatoms. The van der Waals surface area contributed by atoms with Crippen LogP contribution < -0.4 is 16.0 Å². The highest BCUT2D eigenvalue weighted by Gasteiger charge is 2.38. The fraction of sp³-hybridized carbons (Fsp3) is 0.273. The van der Waals surface area contributed by atoms with Gasteiger partial charge in [0.05, 0.1) is 5.39 Å². The maximum Gasteiger partial charge on any atom is 0.435 e. The molecular weight excluding hydrogens is 469 g/mol. The summed E-state index contributed by atoms with van der Waals surface area (Å²) in [5.74, 6) is -0.176. The van der Waals surface area contributed by atoms with E-state index in [9.17, 15) is 22.8 Å². The lowest BCUT2D eigenvalue weighted by atomic mass is 9.93. The number of furan rings is 1. The number of halogens is 3. The predicted octanol–water partition coefficient (Wildman–Crippen LogP) is 5.37. The lowest BCUT2D eigenvalue weighted by Crippen LogP contribution is -2.19. The molecule has 4 aromatic rings. The maximum absolute atomic E-state index is 13.1. The average Bonchev–Trinajstić information content (AvgIpc) is 3.45. The Bertz CT molecular complexity index is 1390. The number of hydrogen-bond acceptors (Lipinski definition) is 6. The van der Waals surface area contributed by atoms with Crippen LogP contribution in [0.15, 0.2) is 45.3 Å². The Morgan fingerprint density at radius 3 is 2.17 bits per heavy atom. The van der Waals surface area contributed by atoms with Gasteiger partial charge in [0.2, 0.25) is 5.71 Å². The van der Waals surface area contributed by atoms with Crippen LogP contribution in [-0.2, 0) is 18.6 Å². The van der Waals surface area contributed by atoms with Gasteiger partial charge in [-0.2, -0.15) is 18.3 Å². The molecule has 3 N–H and O–H groups in total. The van der Waals surface area contributed by atoms with Crippen molar-refractivity contribution >= 4 is 40.2 Å². The molecule has 0 fully saturated rings. The first kappa shape index (κ1) is 23.9. The Kier molecular flexibility index (Phi) is 5.79. The highest BCUT2D eigenvalue weighted by Crippen LogP contribution is 2.35.